The van der Waals surface area contributed by atoms with Gasteiger partial charge in [0.2, 0.25) is 5.91 Å². The maximum atomic E-state index is 12.3. The molecule has 4 heteroatoms. The van der Waals surface area contributed by atoms with E-state index in [9.17, 15) is 4.79 Å². The van der Waals surface area contributed by atoms with E-state index in [0.717, 1.165) is 32.3 Å². The van der Waals surface area contributed by atoms with Crippen LogP contribution < -0.4 is 10.6 Å². The van der Waals surface area contributed by atoms with Crippen molar-refractivity contribution in [3.63, 3.8) is 0 Å². The van der Waals surface area contributed by atoms with Gasteiger partial charge >= 0.3 is 0 Å². The normalized spacial score (nSPS) is 32.5. The first-order valence-electron chi connectivity index (χ1n) is 7.92. The van der Waals surface area contributed by atoms with Crippen molar-refractivity contribution in [1.29, 1.82) is 0 Å². The van der Waals surface area contributed by atoms with Gasteiger partial charge in [0.1, 0.15) is 0 Å². The topological polar surface area (TPSA) is 50.4 Å². The minimum absolute atomic E-state index is 0.0766. The molecule has 1 amide bonds. The lowest BCUT2D eigenvalue weighted by Gasteiger charge is -2.47. The molecule has 0 unspecified atom stereocenters. The summed E-state index contributed by atoms with van der Waals surface area (Å²) in [5, 5.41) is 6.91. The van der Waals surface area contributed by atoms with Crippen LogP contribution in [0.3, 0.4) is 0 Å². The van der Waals surface area contributed by atoms with Crippen LogP contribution in [0.2, 0.25) is 0 Å². The van der Waals surface area contributed by atoms with Crippen LogP contribution in [0, 0.1) is 5.92 Å². The third-order valence-corrected chi connectivity index (χ3v) is 4.40. The van der Waals surface area contributed by atoms with Crippen LogP contribution >= 0.6 is 0 Å². The van der Waals surface area contributed by atoms with Gasteiger partial charge in [0, 0.05) is 29.6 Å². The highest BCUT2D eigenvalue weighted by atomic mass is 16.5. The first kappa shape index (κ1) is 15.8. The summed E-state index contributed by atoms with van der Waals surface area (Å²) in [6, 6.07) is 0.278. The van der Waals surface area contributed by atoms with Crippen LogP contribution in [-0.2, 0) is 9.53 Å². The highest BCUT2D eigenvalue weighted by Gasteiger charge is 2.40. The fourth-order valence-corrected chi connectivity index (χ4v) is 3.89. The van der Waals surface area contributed by atoms with Crippen molar-refractivity contribution in [1.82, 2.24) is 10.6 Å². The highest BCUT2D eigenvalue weighted by molar-refractivity contribution is 5.80. The Bertz CT molecular complexity index is 343. The van der Waals surface area contributed by atoms with E-state index in [1.807, 2.05) is 6.92 Å². The number of nitrogens with one attached hydrogen (secondary N) is 2. The molecule has 1 aliphatic heterocycles. The Labute approximate surface area is 123 Å². The maximum absolute atomic E-state index is 12.3. The zero-order valence-electron chi connectivity index (χ0n) is 13.6. The molecule has 0 aromatic carbocycles. The summed E-state index contributed by atoms with van der Waals surface area (Å²) in [5.41, 5.74) is 0.153. The van der Waals surface area contributed by atoms with E-state index in [1.54, 1.807) is 0 Å². The fourth-order valence-electron chi connectivity index (χ4n) is 3.89. The van der Waals surface area contributed by atoms with Gasteiger partial charge in [-0.2, -0.15) is 0 Å². The predicted octanol–water partition coefficient (Wildman–Crippen LogP) is 2.23. The number of rotatable bonds is 4. The highest BCUT2D eigenvalue weighted by Crippen LogP contribution is 2.32. The Morgan fingerprint density at radius 1 is 1.20 bits per heavy atom. The number of ether oxygens (including phenoxy) is 1. The van der Waals surface area contributed by atoms with Crippen molar-refractivity contribution >= 4 is 5.91 Å². The van der Waals surface area contributed by atoms with Crippen LogP contribution in [0.4, 0.5) is 0 Å². The molecule has 116 valence electrons. The Morgan fingerprint density at radius 2 is 1.75 bits per heavy atom. The standard InChI is InChI=1S/C16H30N2O2/c1-6-20-13-7-11(8-13)14(19)17-12-9-15(2,3)18-16(4,5)10-12/h11-13,18H,6-10H2,1-5H3,(H,17,19). The number of hydrogen-bond acceptors (Lipinski definition) is 3. The van der Waals surface area contributed by atoms with Gasteiger partial charge in [0.05, 0.1) is 6.10 Å². The monoisotopic (exact) mass is 282 g/mol. The largest absolute Gasteiger partial charge is 0.378 e. The second-order valence-corrected chi connectivity index (χ2v) is 7.75. The minimum atomic E-state index is 0.0766. The molecule has 20 heavy (non-hydrogen) atoms. The Morgan fingerprint density at radius 3 is 2.25 bits per heavy atom. The van der Waals surface area contributed by atoms with Gasteiger partial charge in [-0.3, -0.25) is 4.79 Å². The van der Waals surface area contributed by atoms with Crippen LogP contribution in [0.25, 0.3) is 0 Å². The molecule has 2 N–H and O–H groups in total. The second kappa shape index (κ2) is 5.64. The van der Waals surface area contributed by atoms with E-state index in [-0.39, 0.29) is 28.9 Å². The van der Waals surface area contributed by atoms with Crippen molar-refractivity contribution in [2.75, 3.05) is 6.61 Å². The maximum Gasteiger partial charge on any atom is 0.223 e. The summed E-state index contributed by atoms with van der Waals surface area (Å²) >= 11 is 0. The molecule has 4 nitrogen and oxygen atoms in total. The van der Waals surface area contributed by atoms with Crippen molar-refractivity contribution in [2.24, 2.45) is 5.92 Å². The smallest absolute Gasteiger partial charge is 0.223 e. The Kier molecular flexibility index (Phi) is 4.45. The molecular weight excluding hydrogens is 252 g/mol. The van der Waals surface area contributed by atoms with E-state index in [4.69, 9.17) is 4.74 Å². The van der Waals surface area contributed by atoms with Crippen molar-refractivity contribution in [3.8, 4) is 0 Å². The molecule has 2 aliphatic rings. The molecule has 1 aliphatic carbocycles. The molecule has 1 saturated heterocycles. The van der Waals surface area contributed by atoms with Crippen LogP contribution in [0.1, 0.15) is 60.3 Å². The van der Waals surface area contributed by atoms with Crippen molar-refractivity contribution in [2.45, 2.75) is 83.5 Å². The van der Waals surface area contributed by atoms with Crippen LogP contribution in [0.5, 0.6) is 0 Å². The molecule has 0 atom stereocenters. The van der Waals surface area contributed by atoms with E-state index in [1.165, 1.54) is 0 Å². The lowest BCUT2D eigenvalue weighted by Crippen LogP contribution is -2.62. The number of carbonyl (C=O) groups excluding carboxylic acids is 1. The van der Waals surface area contributed by atoms with E-state index in [2.05, 4.69) is 38.3 Å². The number of carbonyl (C=O) groups is 1. The van der Waals surface area contributed by atoms with Gasteiger partial charge in [-0.25, -0.2) is 0 Å². The average molecular weight is 282 g/mol. The van der Waals surface area contributed by atoms with Crippen LogP contribution in [0.15, 0.2) is 0 Å². The lowest BCUT2D eigenvalue weighted by molar-refractivity contribution is -0.135. The average Bonchev–Trinajstić information content (AvgIpc) is 2.17. The first-order valence-corrected chi connectivity index (χ1v) is 7.92. The molecule has 0 radical (unpaired) electrons. The number of amides is 1. The second-order valence-electron chi connectivity index (χ2n) is 7.75. The quantitative estimate of drug-likeness (QED) is 0.831. The molecular formula is C16H30N2O2. The minimum Gasteiger partial charge on any atom is -0.378 e. The Hall–Kier alpha value is -0.610. The summed E-state index contributed by atoms with van der Waals surface area (Å²) in [5.74, 6) is 0.382. The van der Waals surface area contributed by atoms with E-state index >= 15 is 0 Å². The molecule has 0 aromatic heterocycles. The van der Waals surface area contributed by atoms with Gasteiger partial charge < -0.3 is 15.4 Å². The molecule has 2 rings (SSSR count). The summed E-state index contributed by atoms with van der Waals surface area (Å²) in [6.07, 6.45) is 4.05. The molecule has 0 spiro atoms. The molecule has 0 bridgehead atoms. The van der Waals surface area contributed by atoms with E-state index < -0.39 is 0 Å². The summed E-state index contributed by atoms with van der Waals surface area (Å²) in [6.45, 7) is 11.6. The van der Waals surface area contributed by atoms with Gasteiger partial charge in [0.25, 0.3) is 0 Å². The molecule has 1 saturated carbocycles. The van der Waals surface area contributed by atoms with Gasteiger partial charge in [-0.05, 0) is 60.3 Å². The number of hydrogen-bond donors (Lipinski definition) is 2. The van der Waals surface area contributed by atoms with Crippen LogP contribution in [-0.4, -0.2) is 35.7 Å². The number of piperidine rings is 1. The van der Waals surface area contributed by atoms with Gasteiger partial charge in [-0.15, -0.1) is 0 Å². The van der Waals surface area contributed by atoms with Crippen molar-refractivity contribution in [3.05, 3.63) is 0 Å². The van der Waals surface area contributed by atoms with Crippen molar-refractivity contribution < 1.29 is 9.53 Å². The lowest BCUT2D eigenvalue weighted by atomic mass is 9.78. The summed E-state index contributed by atoms with van der Waals surface area (Å²) in [7, 11) is 0. The van der Waals surface area contributed by atoms with Gasteiger partial charge in [0.15, 0.2) is 0 Å². The SMILES string of the molecule is CCOC1CC(C(=O)NC2CC(C)(C)NC(C)(C)C2)C1. The molecule has 2 fully saturated rings. The fraction of sp³-hybridized carbons (Fsp3) is 0.938. The van der Waals surface area contributed by atoms with Gasteiger partial charge in [-0.1, -0.05) is 0 Å². The third-order valence-electron chi connectivity index (χ3n) is 4.40. The summed E-state index contributed by atoms with van der Waals surface area (Å²) < 4.78 is 5.52. The predicted molar refractivity (Wildman–Crippen MR) is 80.6 cm³/mol. The molecule has 0 aromatic rings. The summed E-state index contributed by atoms with van der Waals surface area (Å²) in [4.78, 5) is 12.3. The zero-order chi connectivity index (χ0) is 15.0. The molecule has 1 heterocycles. The first-order chi connectivity index (χ1) is 9.21. The Balaban J connectivity index is 1.83. The van der Waals surface area contributed by atoms with E-state index in [0.29, 0.717) is 6.10 Å². The third kappa shape index (κ3) is 3.95. The zero-order valence-corrected chi connectivity index (χ0v) is 13.6.